The average molecular weight is 856 g/mol. The third kappa shape index (κ3) is 13.0. The highest BCUT2D eigenvalue weighted by atomic mass is 16.7. The van der Waals surface area contributed by atoms with E-state index in [2.05, 4.69) is 26.3 Å². The van der Waals surface area contributed by atoms with Crippen molar-refractivity contribution in [1.29, 1.82) is 0 Å². The predicted octanol–water partition coefficient (Wildman–Crippen LogP) is -2.17. The van der Waals surface area contributed by atoms with E-state index in [4.69, 9.17) is 25.4 Å². The number of hydrogen-bond acceptors (Lipinski definition) is 14. The first-order valence-corrected chi connectivity index (χ1v) is 19.2. The summed E-state index contributed by atoms with van der Waals surface area (Å²) in [6, 6.07) is 13.2. The quantitative estimate of drug-likeness (QED) is 0.0136. The fourth-order valence-corrected chi connectivity index (χ4v) is 6.34. The number of morpholine rings is 1. The van der Waals surface area contributed by atoms with Crippen molar-refractivity contribution in [3.05, 3.63) is 64.8 Å². The van der Waals surface area contributed by atoms with Crippen molar-refractivity contribution < 1.29 is 63.1 Å². The van der Waals surface area contributed by atoms with E-state index < -0.39 is 109 Å². The van der Waals surface area contributed by atoms with Crippen molar-refractivity contribution in [2.75, 3.05) is 46.0 Å². The van der Waals surface area contributed by atoms with Crippen LogP contribution in [0.4, 0.5) is 5.88 Å². The summed E-state index contributed by atoms with van der Waals surface area (Å²) in [6.45, 7) is 0.270. The van der Waals surface area contributed by atoms with Crippen molar-refractivity contribution in [3.8, 4) is 11.1 Å². The third-order valence-electron chi connectivity index (χ3n) is 9.57. The molecule has 4 amide bonds. The summed E-state index contributed by atoms with van der Waals surface area (Å²) in [5.41, 5.74) is 9.22. The number of amides is 4. The van der Waals surface area contributed by atoms with E-state index >= 15 is 0 Å². The zero-order valence-corrected chi connectivity index (χ0v) is 33.3. The average Bonchev–Trinajstić information content (AvgIpc) is 3.23. The highest BCUT2D eigenvalue weighted by Crippen LogP contribution is 2.34. The molecule has 0 aliphatic carbocycles. The standard InChI is InChI=1S/C39H50N8O14/c1-23(22-48)44-35(55)27(19-32(52)53)45-30(51)21-43-36(56)39(58,13-6-14-42-37(40)41)46-29(50)11-12-33(54)61-38(57)47(15-17-59-18-16-47)31-20-28(49)26-10-5-9-25(34(26)60-31)24-7-3-2-4-8-24/h2-5,7-10,20,23,27,38,48,57-58H,6,11-19,21-22H2,1H3,(H8-,40,41,42,43,44,45,46,50,51,52,53,55,56)/p+1/t23-,27-,38?,39-/m0/s1. The monoisotopic (exact) mass is 855 g/mol. The van der Waals surface area contributed by atoms with Gasteiger partial charge >= 0.3 is 24.2 Å². The minimum absolute atomic E-state index is 0.00433. The van der Waals surface area contributed by atoms with Crippen LogP contribution >= 0.6 is 0 Å². The number of carboxylic acids is 1. The normalized spacial score (nSPS) is 15.8. The molecule has 4 rings (SSSR count). The number of esters is 1. The summed E-state index contributed by atoms with van der Waals surface area (Å²) in [7, 11) is 0. The van der Waals surface area contributed by atoms with E-state index in [1.807, 2.05) is 30.3 Å². The number of carbonyl (C=O) groups is 6. The lowest BCUT2D eigenvalue weighted by Gasteiger charge is -2.40. The molecular formula is C39H51N8O14+. The predicted molar refractivity (Wildman–Crippen MR) is 216 cm³/mol. The van der Waals surface area contributed by atoms with Gasteiger partial charge in [-0.3, -0.25) is 38.6 Å². The number of aliphatic hydroxyl groups is 3. The Balaban J connectivity index is 1.44. The van der Waals surface area contributed by atoms with Gasteiger partial charge in [-0.2, -0.15) is 4.48 Å². The highest BCUT2D eigenvalue weighted by Gasteiger charge is 2.46. The van der Waals surface area contributed by atoms with Crippen molar-refractivity contribution >= 4 is 58.4 Å². The topological polar surface area (TPSA) is 345 Å². The lowest BCUT2D eigenvalue weighted by Crippen LogP contribution is -2.64. The largest absolute Gasteiger partial charge is 0.481 e. The molecule has 0 bridgehead atoms. The number of nitrogens with two attached hydrogens (primary N) is 2. The molecule has 12 N–H and O–H groups in total. The van der Waals surface area contributed by atoms with Gasteiger partial charge in [-0.1, -0.05) is 42.5 Å². The van der Waals surface area contributed by atoms with Gasteiger partial charge in [0.25, 0.3) is 5.91 Å². The molecule has 0 saturated carbocycles. The SMILES string of the molecule is C[C@@H](CO)NC(=O)[C@H](CC(=O)O)NC(=O)CNC(=O)[C@@](O)(CCCN=C(N)N)NC(=O)CCC(=O)OC(O)[N+]1(c2cc(=O)c3cccc(-c4ccccc4)c3o2)CCOCC1. The van der Waals surface area contributed by atoms with E-state index in [-0.39, 0.29) is 56.7 Å². The number of aliphatic hydroxyl groups excluding tert-OH is 2. The van der Waals surface area contributed by atoms with Gasteiger partial charge in [0.05, 0.1) is 50.7 Å². The second-order valence-corrected chi connectivity index (χ2v) is 14.2. The van der Waals surface area contributed by atoms with Crippen LogP contribution in [0.5, 0.6) is 0 Å². The number of aliphatic imine (C=N–C) groups is 1. The highest BCUT2D eigenvalue weighted by molar-refractivity contribution is 5.95. The zero-order valence-electron chi connectivity index (χ0n) is 33.3. The number of para-hydroxylation sites is 1. The number of rotatable bonds is 21. The zero-order chi connectivity index (χ0) is 44.7. The molecule has 330 valence electrons. The van der Waals surface area contributed by atoms with E-state index in [1.54, 1.807) is 18.2 Å². The van der Waals surface area contributed by atoms with Crippen LogP contribution in [-0.2, 0) is 38.2 Å². The number of carboxylic acid groups (broad SMARTS) is 1. The Bertz CT molecular complexity index is 2140. The molecule has 2 aromatic carbocycles. The molecule has 3 aromatic rings. The number of nitrogens with one attached hydrogen (secondary N) is 4. The Morgan fingerprint density at radius 1 is 0.984 bits per heavy atom. The molecule has 22 heteroatoms. The van der Waals surface area contributed by atoms with Gasteiger partial charge in [-0.05, 0) is 25.0 Å². The minimum Gasteiger partial charge on any atom is -0.481 e. The molecule has 1 fully saturated rings. The number of carbonyl (C=O) groups excluding carboxylic acids is 5. The summed E-state index contributed by atoms with van der Waals surface area (Å²) in [5.74, 6) is -7.07. The Labute approximate surface area is 348 Å². The lowest BCUT2D eigenvalue weighted by atomic mass is 10.0. The van der Waals surface area contributed by atoms with Gasteiger partial charge in [0, 0.05) is 31.0 Å². The van der Waals surface area contributed by atoms with Crippen molar-refractivity contribution in [3.63, 3.8) is 0 Å². The molecule has 2 heterocycles. The second-order valence-electron chi connectivity index (χ2n) is 14.2. The van der Waals surface area contributed by atoms with E-state index in [1.165, 1.54) is 13.0 Å². The Morgan fingerprint density at radius 3 is 2.34 bits per heavy atom. The van der Waals surface area contributed by atoms with Crippen molar-refractivity contribution in [2.45, 2.75) is 63.3 Å². The molecule has 22 nitrogen and oxygen atoms in total. The molecule has 0 spiro atoms. The van der Waals surface area contributed by atoms with Crippen LogP contribution in [-0.4, -0.2) is 132 Å². The summed E-state index contributed by atoms with van der Waals surface area (Å²) < 4.78 is 16.7. The van der Waals surface area contributed by atoms with Crippen LogP contribution < -0.4 is 42.6 Å². The Kier molecular flexibility index (Phi) is 16.8. The van der Waals surface area contributed by atoms with Crippen LogP contribution in [0, 0.1) is 0 Å². The summed E-state index contributed by atoms with van der Waals surface area (Å²) in [6.07, 6.45) is -4.66. The summed E-state index contributed by atoms with van der Waals surface area (Å²) >= 11 is 0. The van der Waals surface area contributed by atoms with Gasteiger partial charge in [-0.15, -0.1) is 0 Å². The summed E-state index contributed by atoms with van der Waals surface area (Å²) in [4.78, 5) is 93.1. The number of quaternary nitrogens is 1. The first kappa shape index (κ1) is 47.2. The molecule has 61 heavy (non-hydrogen) atoms. The van der Waals surface area contributed by atoms with E-state index in [0.717, 1.165) is 5.56 Å². The maximum atomic E-state index is 13.4. The fourth-order valence-electron chi connectivity index (χ4n) is 6.34. The number of hydrogen-bond donors (Lipinski definition) is 10. The number of nitrogens with zero attached hydrogens (tertiary/aromatic N) is 2. The summed E-state index contributed by atoms with van der Waals surface area (Å²) in [5, 5.41) is 50.2. The maximum absolute atomic E-state index is 13.4. The molecular weight excluding hydrogens is 804 g/mol. The maximum Gasteiger partial charge on any atom is 0.358 e. The molecule has 1 aliphatic heterocycles. The Morgan fingerprint density at radius 2 is 1.69 bits per heavy atom. The number of aliphatic carboxylic acids is 1. The molecule has 1 aromatic heterocycles. The van der Waals surface area contributed by atoms with Gasteiger partial charge < -0.3 is 67.1 Å². The molecule has 0 radical (unpaired) electrons. The molecule has 1 aliphatic rings. The van der Waals surface area contributed by atoms with Crippen LogP contribution in [0.1, 0.15) is 39.0 Å². The number of fused-ring (bicyclic) bond motifs is 1. The molecule has 1 unspecified atom stereocenters. The van der Waals surface area contributed by atoms with Crippen LogP contribution in [0.2, 0.25) is 0 Å². The first-order chi connectivity index (χ1) is 29.0. The van der Waals surface area contributed by atoms with Crippen LogP contribution in [0.3, 0.4) is 0 Å². The first-order valence-electron chi connectivity index (χ1n) is 19.2. The third-order valence-corrected chi connectivity index (χ3v) is 9.57. The van der Waals surface area contributed by atoms with E-state index in [0.29, 0.717) is 10.9 Å². The van der Waals surface area contributed by atoms with Gasteiger partial charge in [0.2, 0.25) is 23.4 Å². The number of ether oxygens (including phenoxy) is 2. The van der Waals surface area contributed by atoms with Crippen LogP contribution in [0.15, 0.2) is 68.8 Å². The van der Waals surface area contributed by atoms with Crippen molar-refractivity contribution in [1.82, 2.24) is 25.8 Å². The second kappa shape index (κ2) is 21.7. The minimum atomic E-state index is -2.71. The lowest BCUT2D eigenvalue weighted by molar-refractivity contribution is -0.211. The van der Waals surface area contributed by atoms with E-state index in [9.17, 15) is 54.0 Å². The van der Waals surface area contributed by atoms with Gasteiger partial charge in [0.15, 0.2) is 17.0 Å². The molecule has 1 saturated heterocycles. The van der Waals surface area contributed by atoms with Gasteiger partial charge in [-0.25, -0.2) is 0 Å². The Hall–Kier alpha value is -6.46. The van der Waals surface area contributed by atoms with Crippen LogP contribution in [0.25, 0.3) is 22.1 Å². The number of benzene rings is 2. The fraction of sp³-hybridized carbons (Fsp3) is 0.436. The van der Waals surface area contributed by atoms with Gasteiger partial charge in [0.1, 0.15) is 19.1 Å². The van der Waals surface area contributed by atoms with Crippen molar-refractivity contribution in [2.24, 2.45) is 16.5 Å². The smallest absolute Gasteiger partial charge is 0.358 e. The molecule has 4 atom stereocenters. The number of guanidine groups is 1.